The van der Waals surface area contributed by atoms with Crippen molar-refractivity contribution in [2.45, 2.75) is 25.7 Å². The molecule has 0 amide bonds. The average Bonchev–Trinajstić information content (AvgIpc) is 2.56. The van der Waals surface area contributed by atoms with Crippen LogP contribution in [0.5, 0.6) is 0 Å². The van der Waals surface area contributed by atoms with Crippen LogP contribution in [-0.2, 0) is 9.53 Å². The zero-order valence-corrected chi connectivity index (χ0v) is 16.7. The van der Waals surface area contributed by atoms with Gasteiger partial charge in [0.25, 0.3) is 0 Å². The number of methoxy groups -OCH3 is 1. The Morgan fingerprint density at radius 3 is 2.45 bits per heavy atom. The van der Waals surface area contributed by atoms with E-state index < -0.39 is 0 Å². The lowest BCUT2D eigenvalue weighted by atomic mass is 9.97. The van der Waals surface area contributed by atoms with Gasteiger partial charge < -0.3 is 15.0 Å². The van der Waals surface area contributed by atoms with Gasteiger partial charge in [0.1, 0.15) is 0 Å². The number of carbonyl (C=O) groups excluding carboxylic acids is 1. The number of thioether (sulfide) groups is 1. The molecule has 0 aliphatic carbocycles. The van der Waals surface area contributed by atoms with Crippen molar-refractivity contribution in [2.75, 3.05) is 45.3 Å². The molecule has 0 bridgehead atoms. The van der Waals surface area contributed by atoms with Crippen LogP contribution in [0.1, 0.15) is 25.7 Å². The van der Waals surface area contributed by atoms with Crippen molar-refractivity contribution in [3.05, 3.63) is 0 Å². The molecule has 1 N–H and O–H groups in total. The van der Waals surface area contributed by atoms with Gasteiger partial charge in [-0.2, -0.15) is 11.8 Å². The molecule has 2 aliphatic rings. The number of halogens is 1. The number of carbonyl (C=O) groups is 1. The zero-order chi connectivity index (χ0) is 15.1. The number of piperidine rings is 1. The highest BCUT2D eigenvalue weighted by Crippen LogP contribution is 2.22. The molecule has 22 heavy (non-hydrogen) atoms. The number of rotatable bonds is 3. The molecule has 2 aliphatic heterocycles. The van der Waals surface area contributed by atoms with E-state index in [1.54, 1.807) is 0 Å². The molecule has 0 aromatic heterocycles. The molecule has 2 heterocycles. The Kier molecular flexibility index (Phi) is 9.54. The smallest absolute Gasteiger partial charge is 0.308 e. The topological polar surface area (TPSA) is 53.9 Å². The van der Waals surface area contributed by atoms with Crippen molar-refractivity contribution in [2.24, 2.45) is 16.8 Å². The quantitative estimate of drug-likeness (QED) is 0.315. The molecule has 2 fully saturated rings. The third-order valence-corrected chi connectivity index (χ3v) is 5.48. The molecule has 128 valence electrons. The second-order valence-corrected chi connectivity index (χ2v) is 6.99. The lowest BCUT2D eigenvalue weighted by Crippen LogP contribution is -2.47. The maximum atomic E-state index is 11.6. The van der Waals surface area contributed by atoms with Crippen LogP contribution in [0.3, 0.4) is 0 Å². The average molecular weight is 441 g/mol. The second-order valence-electron chi connectivity index (χ2n) is 5.77. The summed E-state index contributed by atoms with van der Waals surface area (Å²) in [7, 11) is 3.31. The van der Waals surface area contributed by atoms with Crippen molar-refractivity contribution in [3.63, 3.8) is 0 Å². The molecule has 5 nitrogen and oxygen atoms in total. The van der Waals surface area contributed by atoms with Crippen molar-refractivity contribution in [1.82, 2.24) is 10.2 Å². The van der Waals surface area contributed by atoms with E-state index in [1.165, 1.54) is 31.5 Å². The van der Waals surface area contributed by atoms with E-state index >= 15 is 0 Å². The predicted molar refractivity (Wildman–Crippen MR) is 103 cm³/mol. The molecule has 2 saturated heterocycles. The molecule has 0 atom stereocenters. The highest BCUT2D eigenvalue weighted by molar-refractivity contribution is 14.0. The molecular weight excluding hydrogens is 413 g/mol. The standard InChI is InChI=1S/C15H27N3O2S.HI/c1-16-15(17-11-12-5-9-21-10-6-12)18-7-3-13(4-8-18)14(19)20-2;/h12-13H,3-11H2,1-2H3,(H,16,17);1H. The number of esters is 1. The minimum Gasteiger partial charge on any atom is -0.469 e. The molecule has 0 aromatic carbocycles. The lowest BCUT2D eigenvalue weighted by Gasteiger charge is -2.34. The Labute approximate surface area is 155 Å². The molecule has 0 spiro atoms. The monoisotopic (exact) mass is 441 g/mol. The Hall–Kier alpha value is -0.180. The minimum atomic E-state index is -0.0719. The number of hydrogen-bond donors (Lipinski definition) is 1. The molecule has 0 saturated carbocycles. The first-order valence-electron chi connectivity index (χ1n) is 7.85. The Morgan fingerprint density at radius 1 is 1.27 bits per heavy atom. The van der Waals surface area contributed by atoms with Crippen LogP contribution in [0.2, 0.25) is 0 Å². The summed E-state index contributed by atoms with van der Waals surface area (Å²) in [6, 6.07) is 0. The normalized spacial score (nSPS) is 21.2. The molecule has 0 unspecified atom stereocenters. The van der Waals surface area contributed by atoms with Gasteiger partial charge in [0.15, 0.2) is 5.96 Å². The van der Waals surface area contributed by atoms with E-state index in [4.69, 9.17) is 4.74 Å². The highest BCUT2D eigenvalue weighted by atomic mass is 127. The van der Waals surface area contributed by atoms with Gasteiger partial charge in [-0.25, -0.2) is 0 Å². The van der Waals surface area contributed by atoms with E-state index in [-0.39, 0.29) is 35.9 Å². The van der Waals surface area contributed by atoms with Crippen LogP contribution in [0.15, 0.2) is 4.99 Å². The Bertz CT molecular complexity index is 368. The van der Waals surface area contributed by atoms with E-state index in [9.17, 15) is 4.79 Å². The number of aliphatic imine (C=N–C) groups is 1. The second kappa shape index (κ2) is 10.6. The van der Waals surface area contributed by atoms with Gasteiger partial charge in [0, 0.05) is 26.7 Å². The van der Waals surface area contributed by atoms with E-state index in [0.717, 1.165) is 44.4 Å². The molecular formula is C15H28IN3O2S. The summed E-state index contributed by atoms with van der Waals surface area (Å²) in [6.07, 6.45) is 4.32. The Morgan fingerprint density at radius 2 is 1.91 bits per heavy atom. The SMILES string of the molecule is CN=C(NCC1CCSCC1)N1CCC(C(=O)OC)CC1.I. The maximum Gasteiger partial charge on any atom is 0.308 e. The fraction of sp³-hybridized carbons (Fsp3) is 0.867. The largest absolute Gasteiger partial charge is 0.469 e. The van der Waals surface area contributed by atoms with Gasteiger partial charge in [0.05, 0.1) is 13.0 Å². The van der Waals surface area contributed by atoms with Crippen molar-refractivity contribution >= 4 is 47.7 Å². The van der Waals surface area contributed by atoms with Crippen LogP contribution in [0, 0.1) is 11.8 Å². The number of ether oxygens (including phenoxy) is 1. The number of hydrogen-bond acceptors (Lipinski definition) is 4. The van der Waals surface area contributed by atoms with Gasteiger partial charge in [0.2, 0.25) is 0 Å². The number of nitrogens with zero attached hydrogens (tertiary/aromatic N) is 2. The first-order chi connectivity index (χ1) is 10.2. The summed E-state index contributed by atoms with van der Waals surface area (Å²) in [5.74, 6) is 4.31. The van der Waals surface area contributed by atoms with Gasteiger partial charge in [-0.15, -0.1) is 24.0 Å². The van der Waals surface area contributed by atoms with Gasteiger partial charge in [-0.3, -0.25) is 9.79 Å². The lowest BCUT2D eigenvalue weighted by molar-refractivity contribution is -0.146. The molecule has 2 rings (SSSR count). The molecule has 0 radical (unpaired) electrons. The van der Waals surface area contributed by atoms with Crippen molar-refractivity contribution in [3.8, 4) is 0 Å². The van der Waals surface area contributed by atoms with E-state index in [1.807, 2.05) is 7.05 Å². The summed E-state index contributed by atoms with van der Waals surface area (Å²) in [4.78, 5) is 18.2. The van der Waals surface area contributed by atoms with Crippen LogP contribution in [-0.4, -0.2) is 62.1 Å². The predicted octanol–water partition coefficient (Wildman–Crippen LogP) is 2.21. The van der Waals surface area contributed by atoms with Crippen LogP contribution < -0.4 is 5.32 Å². The third-order valence-electron chi connectivity index (χ3n) is 4.43. The van der Waals surface area contributed by atoms with Crippen LogP contribution in [0.4, 0.5) is 0 Å². The van der Waals surface area contributed by atoms with Crippen molar-refractivity contribution in [1.29, 1.82) is 0 Å². The summed E-state index contributed by atoms with van der Waals surface area (Å²) in [5.41, 5.74) is 0. The van der Waals surface area contributed by atoms with E-state index in [2.05, 4.69) is 27.0 Å². The zero-order valence-electron chi connectivity index (χ0n) is 13.5. The van der Waals surface area contributed by atoms with Gasteiger partial charge >= 0.3 is 5.97 Å². The highest BCUT2D eigenvalue weighted by Gasteiger charge is 2.27. The van der Waals surface area contributed by atoms with Crippen molar-refractivity contribution < 1.29 is 9.53 Å². The third kappa shape index (κ3) is 5.79. The fourth-order valence-electron chi connectivity index (χ4n) is 3.01. The van der Waals surface area contributed by atoms with Gasteiger partial charge in [-0.1, -0.05) is 0 Å². The molecule has 0 aromatic rings. The summed E-state index contributed by atoms with van der Waals surface area (Å²) >= 11 is 2.06. The van der Waals surface area contributed by atoms with Gasteiger partial charge in [-0.05, 0) is 43.1 Å². The fourth-order valence-corrected chi connectivity index (χ4v) is 4.22. The van der Waals surface area contributed by atoms with E-state index in [0.29, 0.717) is 0 Å². The minimum absolute atomic E-state index is 0. The summed E-state index contributed by atoms with van der Waals surface area (Å²) in [5, 5.41) is 3.52. The number of nitrogens with one attached hydrogen (secondary N) is 1. The van der Waals surface area contributed by atoms with Crippen LogP contribution >= 0.6 is 35.7 Å². The number of guanidine groups is 1. The Balaban J connectivity index is 0.00000242. The first kappa shape index (κ1) is 19.9. The summed E-state index contributed by atoms with van der Waals surface area (Å²) < 4.78 is 4.83. The maximum absolute atomic E-state index is 11.6. The summed E-state index contributed by atoms with van der Waals surface area (Å²) in [6.45, 7) is 2.77. The first-order valence-corrected chi connectivity index (χ1v) is 9.01. The molecule has 7 heteroatoms. The van der Waals surface area contributed by atoms with Crippen LogP contribution in [0.25, 0.3) is 0 Å². The number of likely N-dealkylation sites (tertiary alicyclic amines) is 1.